The van der Waals surface area contributed by atoms with E-state index in [-0.39, 0.29) is 17.4 Å². The number of methoxy groups -OCH3 is 2. The third-order valence-electron chi connectivity index (χ3n) is 5.88. The highest BCUT2D eigenvalue weighted by Gasteiger charge is 2.30. The first-order valence-corrected chi connectivity index (χ1v) is 11.0. The molecule has 1 heterocycles. The van der Waals surface area contributed by atoms with E-state index in [1.807, 2.05) is 26.0 Å². The fourth-order valence-electron chi connectivity index (χ4n) is 4.13. The number of phenols is 2. The Kier molecular flexibility index (Phi) is 7.39. The van der Waals surface area contributed by atoms with E-state index in [9.17, 15) is 10.2 Å². The van der Waals surface area contributed by atoms with Gasteiger partial charge in [0.25, 0.3) is 0 Å². The van der Waals surface area contributed by atoms with Gasteiger partial charge in [-0.15, -0.1) is 0 Å². The van der Waals surface area contributed by atoms with Crippen LogP contribution in [0.15, 0.2) is 41.5 Å². The van der Waals surface area contributed by atoms with Crippen LogP contribution in [0.1, 0.15) is 55.9 Å². The van der Waals surface area contributed by atoms with Gasteiger partial charge in [0.15, 0.2) is 0 Å². The summed E-state index contributed by atoms with van der Waals surface area (Å²) in [6.07, 6.45) is 5.98. The SMILES string of the molecule is COc1cc2c(c(OC)c1CC=C(C)C)C[C@H](c1ccc(O)c(CC=C(C)C)c1O)CO2. The minimum atomic E-state index is -0.0628. The van der Waals surface area contributed by atoms with Gasteiger partial charge in [0.2, 0.25) is 0 Å². The highest BCUT2D eigenvalue weighted by Crippen LogP contribution is 2.46. The maximum atomic E-state index is 11.0. The Bertz CT molecular complexity index is 1040. The van der Waals surface area contributed by atoms with Crippen molar-refractivity contribution in [1.29, 1.82) is 0 Å². The zero-order valence-corrected chi connectivity index (χ0v) is 19.9. The van der Waals surface area contributed by atoms with Crippen molar-refractivity contribution in [2.75, 3.05) is 20.8 Å². The minimum Gasteiger partial charge on any atom is -0.508 e. The van der Waals surface area contributed by atoms with Gasteiger partial charge >= 0.3 is 0 Å². The molecule has 1 aliphatic heterocycles. The first-order chi connectivity index (χ1) is 15.3. The van der Waals surface area contributed by atoms with Gasteiger partial charge in [0.1, 0.15) is 28.7 Å². The molecule has 0 spiro atoms. The summed E-state index contributed by atoms with van der Waals surface area (Å²) in [6.45, 7) is 8.55. The van der Waals surface area contributed by atoms with Gasteiger partial charge in [-0.25, -0.2) is 0 Å². The van der Waals surface area contributed by atoms with E-state index in [2.05, 4.69) is 19.9 Å². The van der Waals surface area contributed by atoms with Crippen LogP contribution in [-0.4, -0.2) is 31.0 Å². The highest BCUT2D eigenvalue weighted by atomic mass is 16.5. The Hall–Kier alpha value is -3.08. The quantitative estimate of drug-likeness (QED) is 0.531. The second kappa shape index (κ2) is 10.0. The maximum absolute atomic E-state index is 11.0. The largest absolute Gasteiger partial charge is 0.508 e. The lowest BCUT2D eigenvalue weighted by atomic mass is 9.86. The minimum absolute atomic E-state index is 0.0628. The second-order valence-electron chi connectivity index (χ2n) is 8.75. The molecule has 2 aromatic carbocycles. The summed E-state index contributed by atoms with van der Waals surface area (Å²) >= 11 is 0. The van der Waals surface area contributed by atoms with E-state index in [4.69, 9.17) is 14.2 Å². The summed E-state index contributed by atoms with van der Waals surface area (Å²) in [4.78, 5) is 0. The van der Waals surface area contributed by atoms with Gasteiger partial charge in [-0.05, 0) is 53.0 Å². The summed E-state index contributed by atoms with van der Waals surface area (Å²) < 4.78 is 17.6. The summed E-state index contributed by atoms with van der Waals surface area (Å²) in [5.74, 6) is 2.44. The van der Waals surface area contributed by atoms with Crippen LogP contribution in [0.2, 0.25) is 0 Å². The van der Waals surface area contributed by atoms with Gasteiger partial charge < -0.3 is 24.4 Å². The molecular weight excluding hydrogens is 404 g/mol. The van der Waals surface area contributed by atoms with E-state index in [1.54, 1.807) is 26.4 Å². The van der Waals surface area contributed by atoms with Gasteiger partial charge in [-0.2, -0.15) is 0 Å². The Morgan fingerprint density at radius 1 is 1.00 bits per heavy atom. The molecule has 0 radical (unpaired) electrons. The first kappa shape index (κ1) is 23.6. The Morgan fingerprint density at radius 3 is 2.25 bits per heavy atom. The third-order valence-corrected chi connectivity index (χ3v) is 5.88. The number of hydrogen-bond donors (Lipinski definition) is 2. The van der Waals surface area contributed by atoms with E-state index in [0.717, 1.165) is 39.5 Å². The molecule has 5 heteroatoms. The van der Waals surface area contributed by atoms with Crippen molar-refractivity contribution in [3.8, 4) is 28.7 Å². The van der Waals surface area contributed by atoms with Crippen LogP contribution >= 0.6 is 0 Å². The molecule has 0 aliphatic carbocycles. The Labute approximate surface area is 191 Å². The fraction of sp³-hybridized carbons (Fsp3) is 0.407. The molecule has 0 bridgehead atoms. The number of rotatable bonds is 7. The zero-order valence-electron chi connectivity index (χ0n) is 19.9. The molecule has 3 rings (SSSR count). The molecule has 2 N–H and O–H groups in total. The average Bonchev–Trinajstić information content (AvgIpc) is 2.76. The van der Waals surface area contributed by atoms with E-state index in [0.29, 0.717) is 31.4 Å². The van der Waals surface area contributed by atoms with Crippen molar-refractivity contribution in [3.63, 3.8) is 0 Å². The maximum Gasteiger partial charge on any atom is 0.132 e. The van der Waals surface area contributed by atoms with Crippen LogP contribution in [-0.2, 0) is 19.3 Å². The van der Waals surface area contributed by atoms with Crippen LogP contribution < -0.4 is 14.2 Å². The number of allylic oxidation sites excluding steroid dienone is 4. The number of benzene rings is 2. The smallest absolute Gasteiger partial charge is 0.132 e. The number of phenolic OH excluding ortho intramolecular Hbond substituents is 2. The van der Waals surface area contributed by atoms with E-state index >= 15 is 0 Å². The van der Waals surface area contributed by atoms with Crippen LogP contribution in [0.4, 0.5) is 0 Å². The predicted molar refractivity (Wildman–Crippen MR) is 128 cm³/mol. The predicted octanol–water partition coefficient (Wildman–Crippen LogP) is 5.85. The van der Waals surface area contributed by atoms with Crippen LogP contribution in [0.25, 0.3) is 0 Å². The molecule has 0 unspecified atom stereocenters. The summed E-state index contributed by atoms with van der Waals surface area (Å²) in [7, 11) is 3.32. The van der Waals surface area contributed by atoms with Gasteiger partial charge in [0, 0.05) is 34.2 Å². The third kappa shape index (κ3) is 4.87. The number of hydrogen-bond acceptors (Lipinski definition) is 5. The molecule has 0 aromatic heterocycles. The van der Waals surface area contributed by atoms with Crippen LogP contribution in [0, 0.1) is 0 Å². The van der Waals surface area contributed by atoms with Gasteiger partial charge in [0.05, 0.1) is 20.8 Å². The van der Waals surface area contributed by atoms with Crippen molar-refractivity contribution < 1.29 is 24.4 Å². The van der Waals surface area contributed by atoms with Crippen molar-refractivity contribution in [2.45, 2.75) is 52.9 Å². The number of fused-ring (bicyclic) bond motifs is 1. The van der Waals surface area contributed by atoms with Crippen LogP contribution in [0.5, 0.6) is 28.7 Å². The lowest BCUT2D eigenvalue weighted by Crippen LogP contribution is -2.21. The fourth-order valence-corrected chi connectivity index (χ4v) is 4.13. The molecule has 0 fully saturated rings. The topological polar surface area (TPSA) is 68.2 Å². The van der Waals surface area contributed by atoms with Gasteiger partial charge in [-0.1, -0.05) is 29.4 Å². The van der Waals surface area contributed by atoms with Crippen molar-refractivity contribution in [1.82, 2.24) is 0 Å². The molecule has 0 amide bonds. The Morgan fingerprint density at radius 2 is 1.66 bits per heavy atom. The van der Waals surface area contributed by atoms with E-state index in [1.165, 1.54) is 5.57 Å². The molecule has 172 valence electrons. The van der Waals surface area contributed by atoms with Crippen molar-refractivity contribution >= 4 is 0 Å². The van der Waals surface area contributed by atoms with Crippen molar-refractivity contribution in [3.05, 3.63) is 63.8 Å². The van der Waals surface area contributed by atoms with E-state index < -0.39 is 0 Å². The molecule has 32 heavy (non-hydrogen) atoms. The number of ether oxygens (including phenoxy) is 3. The molecule has 5 nitrogen and oxygen atoms in total. The highest BCUT2D eigenvalue weighted by molar-refractivity contribution is 5.60. The van der Waals surface area contributed by atoms with Crippen molar-refractivity contribution in [2.24, 2.45) is 0 Å². The monoisotopic (exact) mass is 438 g/mol. The second-order valence-corrected chi connectivity index (χ2v) is 8.75. The number of aromatic hydroxyl groups is 2. The first-order valence-electron chi connectivity index (χ1n) is 11.0. The summed E-state index contributed by atoms with van der Waals surface area (Å²) in [6, 6.07) is 5.37. The normalized spacial score (nSPS) is 14.8. The standard InChI is InChI=1S/C27H34O5/c1-16(2)7-9-20-23(28)12-11-19(26(20)29)18-13-22-25(32-15-18)14-24(30-5)21(27(22)31-6)10-8-17(3)4/h7-8,11-12,14,18,28-29H,9-10,13,15H2,1-6H3/t18-/m0/s1. The summed E-state index contributed by atoms with van der Waals surface area (Å²) in [5.41, 5.74) is 5.62. The lowest BCUT2D eigenvalue weighted by molar-refractivity contribution is 0.252. The molecule has 2 aromatic rings. The van der Waals surface area contributed by atoms with Gasteiger partial charge in [-0.3, -0.25) is 0 Å². The molecular formula is C27H34O5. The molecule has 1 atom stereocenters. The molecule has 0 saturated heterocycles. The molecule has 0 saturated carbocycles. The average molecular weight is 439 g/mol. The lowest BCUT2D eigenvalue weighted by Gasteiger charge is -2.29. The summed E-state index contributed by atoms with van der Waals surface area (Å²) in [5, 5.41) is 21.3. The van der Waals surface area contributed by atoms with Crippen LogP contribution in [0.3, 0.4) is 0 Å². The zero-order chi connectivity index (χ0) is 23.4. The Balaban J connectivity index is 2.03. The molecule has 1 aliphatic rings.